The van der Waals surface area contributed by atoms with Crippen molar-refractivity contribution in [3.63, 3.8) is 0 Å². The molecule has 0 aromatic heterocycles. The van der Waals surface area contributed by atoms with E-state index in [9.17, 15) is 10.4 Å². The lowest BCUT2D eigenvalue weighted by atomic mass is 9.93. The van der Waals surface area contributed by atoms with Crippen molar-refractivity contribution in [2.24, 2.45) is 5.73 Å². The molecule has 144 valence electrons. The van der Waals surface area contributed by atoms with Gasteiger partial charge in [-0.3, -0.25) is 0 Å². The van der Waals surface area contributed by atoms with Crippen molar-refractivity contribution in [2.75, 3.05) is 6.61 Å². The highest BCUT2D eigenvalue weighted by Crippen LogP contribution is 2.26. The number of nitriles is 1. The van der Waals surface area contributed by atoms with Crippen LogP contribution >= 0.6 is 11.6 Å². The average molecular weight is 389 g/mol. The molecule has 0 aliphatic rings. The average Bonchev–Trinajstić information content (AvgIpc) is 2.63. The number of aliphatic hydroxyl groups is 1. The Morgan fingerprint density at radius 1 is 1.19 bits per heavy atom. The topological polar surface area (TPSA) is 88.5 Å². The predicted molar refractivity (Wildman–Crippen MR) is 106 cm³/mol. The number of nitrogens with zero attached hydrogens (tertiary/aromatic N) is 1. The molecule has 0 bridgehead atoms. The van der Waals surface area contributed by atoms with E-state index in [1.165, 1.54) is 0 Å². The van der Waals surface area contributed by atoms with Gasteiger partial charge in [0.05, 0.1) is 23.8 Å². The summed E-state index contributed by atoms with van der Waals surface area (Å²) < 4.78 is 11.6. The summed E-state index contributed by atoms with van der Waals surface area (Å²) in [6, 6.07) is 16.8. The SMILES string of the molecule is CC(C)(N)[C@@H](CC(O)COc1cccc(Cl)c1C#N)OCc1ccccc1. The van der Waals surface area contributed by atoms with Crippen LogP contribution in [0.2, 0.25) is 5.02 Å². The van der Waals surface area contributed by atoms with Crippen LogP contribution in [0.5, 0.6) is 5.75 Å². The quantitative estimate of drug-likeness (QED) is 0.684. The van der Waals surface area contributed by atoms with E-state index in [1.54, 1.807) is 18.2 Å². The van der Waals surface area contributed by atoms with Crippen molar-refractivity contribution in [2.45, 2.75) is 44.6 Å². The van der Waals surface area contributed by atoms with E-state index >= 15 is 0 Å². The van der Waals surface area contributed by atoms with Crippen LogP contribution < -0.4 is 10.5 Å². The molecular weight excluding hydrogens is 364 g/mol. The molecule has 0 fully saturated rings. The van der Waals surface area contributed by atoms with Crippen LogP contribution in [0.4, 0.5) is 0 Å². The molecule has 2 aromatic rings. The van der Waals surface area contributed by atoms with Gasteiger partial charge in [0.25, 0.3) is 0 Å². The van der Waals surface area contributed by atoms with Crippen LogP contribution in [0.25, 0.3) is 0 Å². The van der Waals surface area contributed by atoms with Gasteiger partial charge in [0, 0.05) is 12.0 Å². The van der Waals surface area contributed by atoms with Crippen LogP contribution in [0.1, 0.15) is 31.4 Å². The van der Waals surface area contributed by atoms with E-state index in [2.05, 4.69) is 0 Å². The van der Waals surface area contributed by atoms with E-state index in [1.807, 2.05) is 50.2 Å². The number of hydrogen-bond donors (Lipinski definition) is 2. The van der Waals surface area contributed by atoms with E-state index < -0.39 is 11.6 Å². The molecule has 0 spiro atoms. The Morgan fingerprint density at radius 2 is 1.89 bits per heavy atom. The number of rotatable bonds is 9. The van der Waals surface area contributed by atoms with Crippen LogP contribution in [0.3, 0.4) is 0 Å². The summed E-state index contributed by atoms with van der Waals surface area (Å²) in [5, 5.41) is 19.9. The Balaban J connectivity index is 1.95. The van der Waals surface area contributed by atoms with E-state index in [0.29, 0.717) is 23.8 Å². The van der Waals surface area contributed by atoms with Gasteiger partial charge in [-0.2, -0.15) is 5.26 Å². The minimum Gasteiger partial charge on any atom is -0.489 e. The second-order valence-corrected chi connectivity index (χ2v) is 7.44. The number of aliphatic hydroxyl groups excluding tert-OH is 1. The van der Waals surface area contributed by atoms with Crippen LogP contribution in [-0.2, 0) is 11.3 Å². The smallest absolute Gasteiger partial charge is 0.138 e. The molecule has 2 aromatic carbocycles. The Bertz CT molecular complexity index is 769. The molecule has 3 N–H and O–H groups in total. The van der Waals surface area contributed by atoms with Crippen LogP contribution in [0.15, 0.2) is 48.5 Å². The number of ether oxygens (including phenoxy) is 2. The summed E-state index contributed by atoms with van der Waals surface area (Å²) >= 11 is 5.99. The van der Waals surface area contributed by atoms with Gasteiger partial charge in [-0.25, -0.2) is 0 Å². The van der Waals surface area contributed by atoms with Gasteiger partial charge in [0.2, 0.25) is 0 Å². The maximum Gasteiger partial charge on any atom is 0.138 e. The zero-order chi connectivity index (χ0) is 19.9. The molecule has 1 unspecified atom stereocenters. The summed E-state index contributed by atoms with van der Waals surface area (Å²) in [5.74, 6) is 0.345. The number of nitrogens with two attached hydrogens (primary N) is 1. The lowest BCUT2D eigenvalue weighted by molar-refractivity contribution is -0.0385. The first-order valence-corrected chi connectivity index (χ1v) is 9.13. The van der Waals surface area contributed by atoms with Crippen molar-refractivity contribution >= 4 is 11.6 Å². The molecular formula is C21H25ClN2O3. The van der Waals surface area contributed by atoms with E-state index in [0.717, 1.165) is 5.56 Å². The van der Waals surface area contributed by atoms with Crippen molar-refractivity contribution in [1.82, 2.24) is 0 Å². The zero-order valence-electron chi connectivity index (χ0n) is 15.6. The van der Waals surface area contributed by atoms with Crippen molar-refractivity contribution < 1.29 is 14.6 Å². The first kappa shape index (κ1) is 21.2. The summed E-state index contributed by atoms with van der Waals surface area (Å²) in [7, 11) is 0. The Hall–Kier alpha value is -2.10. The molecule has 0 saturated carbocycles. The number of benzene rings is 2. The normalized spacial score (nSPS) is 13.6. The van der Waals surface area contributed by atoms with Crippen molar-refractivity contribution in [3.8, 4) is 11.8 Å². The summed E-state index contributed by atoms with van der Waals surface area (Å²) in [4.78, 5) is 0. The monoisotopic (exact) mass is 388 g/mol. The number of halogens is 1. The second kappa shape index (κ2) is 9.72. The molecule has 6 heteroatoms. The first-order chi connectivity index (χ1) is 12.8. The fourth-order valence-electron chi connectivity index (χ4n) is 2.59. The molecule has 0 radical (unpaired) electrons. The minimum atomic E-state index is -0.806. The van der Waals surface area contributed by atoms with Crippen LogP contribution in [0, 0.1) is 11.3 Å². The van der Waals surface area contributed by atoms with Gasteiger partial charge in [-0.15, -0.1) is 0 Å². The third-order valence-electron chi connectivity index (χ3n) is 4.13. The fourth-order valence-corrected chi connectivity index (χ4v) is 2.80. The van der Waals surface area contributed by atoms with Gasteiger partial charge < -0.3 is 20.3 Å². The molecule has 0 aliphatic carbocycles. The standard InChI is InChI=1S/C21H25ClN2O3/c1-21(2,24)20(27-13-15-7-4-3-5-8-15)11-16(25)14-26-19-10-6-9-18(22)17(19)12-23/h3-10,16,20,25H,11,13-14,24H2,1-2H3/t16?,20-/m1/s1. The third-order valence-corrected chi connectivity index (χ3v) is 4.44. The van der Waals surface area contributed by atoms with Gasteiger partial charge in [-0.1, -0.05) is 48.0 Å². The molecule has 2 rings (SSSR count). The Kier molecular flexibility index (Phi) is 7.64. The molecule has 2 atom stereocenters. The lowest BCUT2D eigenvalue weighted by Gasteiger charge is -2.32. The fraction of sp³-hybridized carbons (Fsp3) is 0.381. The Morgan fingerprint density at radius 3 is 2.52 bits per heavy atom. The highest BCUT2D eigenvalue weighted by molar-refractivity contribution is 6.31. The molecule has 5 nitrogen and oxygen atoms in total. The van der Waals surface area contributed by atoms with Gasteiger partial charge in [-0.05, 0) is 31.5 Å². The van der Waals surface area contributed by atoms with E-state index in [-0.39, 0.29) is 18.3 Å². The van der Waals surface area contributed by atoms with Crippen LogP contribution in [-0.4, -0.2) is 29.5 Å². The van der Waals surface area contributed by atoms with Crippen molar-refractivity contribution in [3.05, 3.63) is 64.7 Å². The van der Waals surface area contributed by atoms with Gasteiger partial charge in [0.15, 0.2) is 0 Å². The molecule has 27 heavy (non-hydrogen) atoms. The third kappa shape index (κ3) is 6.53. The largest absolute Gasteiger partial charge is 0.489 e. The lowest BCUT2D eigenvalue weighted by Crippen LogP contribution is -2.48. The zero-order valence-corrected chi connectivity index (χ0v) is 16.3. The highest BCUT2D eigenvalue weighted by Gasteiger charge is 2.29. The van der Waals surface area contributed by atoms with Gasteiger partial charge >= 0.3 is 0 Å². The molecule has 0 amide bonds. The van der Waals surface area contributed by atoms with E-state index in [4.69, 9.17) is 26.8 Å². The first-order valence-electron chi connectivity index (χ1n) is 8.75. The molecule has 0 aliphatic heterocycles. The highest BCUT2D eigenvalue weighted by atomic mass is 35.5. The minimum absolute atomic E-state index is 0.0102. The summed E-state index contributed by atoms with van der Waals surface area (Å²) in [6.07, 6.45) is -0.871. The summed E-state index contributed by atoms with van der Waals surface area (Å²) in [6.45, 7) is 4.14. The Labute approximate surface area is 165 Å². The second-order valence-electron chi connectivity index (χ2n) is 7.03. The summed E-state index contributed by atoms with van der Waals surface area (Å²) in [5.41, 5.74) is 6.88. The maximum absolute atomic E-state index is 10.4. The van der Waals surface area contributed by atoms with Crippen molar-refractivity contribution in [1.29, 1.82) is 5.26 Å². The van der Waals surface area contributed by atoms with Gasteiger partial charge in [0.1, 0.15) is 24.0 Å². The molecule has 0 heterocycles. The maximum atomic E-state index is 10.4. The molecule has 0 saturated heterocycles. The number of hydrogen-bond acceptors (Lipinski definition) is 5. The predicted octanol–water partition coefficient (Wildman–Crippen LogP) is 3.66.